The van der Waals surface area contributed by atoms with Crippen LogP contribution in [-0.2, 0) is 6.42 Å². The Morgan fingerprint density at radius 2 is 2.06 bits per heavy atom. The topological polar surface area (TPSA) is 44.5 Å². The molecular formula is C15H23NO2. The average molecular weight is 249 g/mol. The van der Waals surface area contributed by atoms with Crippen LogP contribution in [0.25, 0.3) is 0 Å². The molecule has 0 atom stereocenters. The molecule has 1 aliphatic rings. The Labute approximate surface area is 109 Å². The van der Waals surface area contributed by atoms with Crippen LogP contribution in [0.5, 0.6) is 11.5 Å². The van der Waals surface area contributed by atoms with Crippen molar-refractivity contribution in [1.82, 2.24) is 0 Å². The van der Waals surface area contributed by atoms with Gasteiger partial charge in [0.05, 0.1) is 13.2 Å². The maximum absolute atomic E-state index is 5.97. The maximum atomic E-state index is 5.97. The van der Waals surface area contributed by atoms with Crippen molar-refractivity contribution in [2.75, 3.05) is 13.7 Å². The molecule has 3 nitrogen and oxygen atoms in total. The Hall–Kier alpha value is -1.22. The van der Waals surface area contributed by atoms with Gasteiger partial charge in [-0.15, -0.1) is 0 Å². The summed E-state index contributed by atoms with van der Waals surface area (Å²) in [7, 11) is 1.69. The normalized spacial score (nSPS) is 15.2. The minimum atomic E-state index is 0.387. The van der Waals surface area contributed by atoms with Crippen LogP contribution in [0.1, 0.15) is 37.7 Å². The van der Waals surface area contributed by atoms with Gasteiger partial charge in [0.15, 0.2) is 11.5 Å². The van der Waals surface area contributed by atoms with Gasteiger partial charge in [-0.3, -0.25) is 0 Å². The summed E-state index contributed by atoms with van der Waals surface area (Å²) in [5, 5.41) is 0. The summed E-state index contributed by atoms with van der Waals surface area (Å²) in [6.45, 7) is 0.765. The molecule has 18 heavy (non-hydrogen) atoms. The number of hydrogen-bond donors (Lipinski definition) is 1. The number of unbranched alkanes of at least 4 members (excludes halogenated alkanes) is 1. The van der Waals surface area contributed by atoms with Crippen molar-refractivity contribution in [2.45, 2.75) is 44.6 Å². The van der Waals surface area contributed by atoms with E-state index in [1.807, 2.05) is 6.07 Å². The van der Waals surface area contributed by atoms with E-state index >= 15 is 0 Å². The van der Waals surface area contributed by atoms with Crippen LogP contribution >= 0.6 is 0 Å². The molecule has 1 aliphatic carbocycles. The van der Waals surface area contributed by atoms with Crippen molar-refractivity contribution in [3.05, 3.63) is 23.8 Å². The van der Waals surface area contributed by atoms with Gasteiger partial charge in [0.1, 0.15) is 0 Å². The van der Waals surface area contributed by atoms with Crippen LogP contribution in [0.15, 0.2) is 18.2 Å². The molecule has 0 heterocycles. The maximum Gasteiger partial charge on any atom is 0.161 e. The van der Waals surface area contributed by atoms with Crippen LogP contribution in [0, 0.1) is 0 Å². The number of methoxy groups -OCH3 is 1. The summed E-state index contributed by atoms with van der Waals surface area (Å²) in [6, 6.07) is 6.24. The smallest absolute Gasteiger partial charge is 0.161 e. The second-order valence-electron chi connectivity index (χ2n) is 4.90. The minimum absolute atomic E-state index is 0.387. The van der Waals surface area contributed by atoms with Gasteiger partial charge in [0, 0.05) is 0 Å². The molecule has 100 valence electrons. The highest BCUT2D eigenvalue weighted by Gasteiger charge is 2.20. The summed E-state index contributed by atoms with van der Waals surface area (Å²) in [5.74, 6) is 1.73. The molecule has 3 heteroatoms. The van der Waals surface area contributed by atoms with Gasteiger partial charge in [0.2, 0.25) is 0 Å². The monoisotopic (exact) mass is 249 g/mol. The lowest BCUT2D eigenvalue weighted by atomic mass is 9.96. The van der Waals surface area contributed by atoms with Gasteiger partial charge >= 0.3 is 0 Å². The molecule has 0 unspecified atom stereocenters. The molecule has 1 aromatic rings. The van der Waals surface area contributed by atoms with Crippen molar-refractivity contribution >= 4 is 0 Å². The molecule has 0 saturated heterocycles. The van der Waals surface area contributed by atoms with E-state index in [9.17, 15) is 0 Å². The van der Waals surface area contributed by atoms with Gasteiger partial charge in [-0.05, 0) is 62.8 Å². The molecule has 0 spiro atoms. The van der Waals surface area contributed by atoms with E-state index < -0.39 is 0 Å². The molecule has 2 N–H and O–H groups in total. The first-order valence-corrected chi connectivity index (χ1v) is 6.87. The summed E-state index contributed by atoms with van der Waals surface area (Å²) < 4.78 is 11.3. The Morgan fingerprint density at radius 3 is 2.67 bits per heavy atom. The summed E-state index contributed by atoms with van der Waals surface area (Å²) >= 11 is 0. The zero-order valence-corrected chi connectivity index (χ0v) is 11.2. The first-order chi connectivity index (χ1) is 8.83. The fraction of sp³-hybridized carbons (Fsp3) is 0.600. The molecule has 0 aliphatic heterocycles. The Kier molecular flexibility index (Phi) is 4.88. The predicted molar refractivity (Wildman–Crippen MR) is 73.3 cm³/mol. The number of ether oxygens (including phenoxy) is 2. The molecule has 2 rings (SSSR count). The number of rotatable bonds is 7. The SMILES string of the molecule is COc1ccc(CCCCN)cc1OC1CCC1. The summed E-state index contributed by atoms with van der Waals surface area (Å²) in [4.78, 5) is 0. The molecular weight excluding hydrogens is 226 g/mol. The summed E-state index contributed by atoms with van der Waals surface area (Å²) in [6.07, 6.45) is 7.27. The molecule has 1 aromatic carbocycles. The lowest BCUT2D eigenvalue weighted by Crippen LogP contribution is -2.24. The van der Waals surface area contributed by atoms with Gasteiger partial charge in [-0.25, -0.2) is 0 Å². The van der Waals surface area contributed by atoms with E-state index in [1.165, 1.54) is 24.8 Å². The fourth-order valence-corrected chi connectivity index (χ4v) is 2.11. The van der Waals surface area contributed by atoms with Crippen LogP contribution < -0.4 is 15.2 Å². The van der Waals surface area contributed by atoms with Crippen LogP contribution in [0.4, 0.5) is 0 Å². The first kappa shape index (κ1) is 13.2. The zero-order chi connectivity index (χ0) is 12.8. The van der Waals surface area contributed by atoms with Gasteiger partial charge in [0.25, 0.3) is 0 Å². The van der Waals surface area contributed by atoms with E-state index in [4.69, 9.17) is 15.2 Å². The van der Waals surface area contributed by atoms with Crippen molar-refractivity contribution < 1.29 is 9.47 Å². The van der Waals surface area contributed by atoms with E-state index in [1.54, 1.807) is 7.11 Å². The number of hydrogen-bond acceptors (Lipinski definition) is 3. The Balaban J connectivity index is 2.00. The third kappa shape index (κ3) is 3.39. The third-order valence-electron chi connectivity index (χ3n) is 3.49. The predicted octanol–water partition coefficient (Wildman–Crippen LogP) is 2.91. The van der Waals surface area contributed by atoms with Crippen molar-refractivity contribution in [1.29, 1.82) is 0 Å². The lowest BCUT2D eigenvalue weighted by Gasteiger charge is -2.27. The zero-order valence-electron chi connectivity index (χ0n) is 11.2. The standard InChI is InChI=1S/C15H23NO2/c1-17-14-9-8-12(5-2-3-10-16)11-15(14)18-13-6-4-7-13/h8-9,11,13H,2-7,10,16H2,1H3. The van der Waals surface area contributed by atoms with Gasteiger partial charge in [-0.2, -0.15) is 0 Å². The molecule has 1 saturated carbocycles. The minimum Gasteiger partial charge on any atom is -0.493 e. The lowest BCUT2D eigenvalue weighted by molar-refractivity contribution is 0.116. The highest BCUT2D eigenvalue weighted by Crippen LogP contribution is 2.33. The largest absolute Gasteiger partial charge is 0.493 e. The van der Waals surface area contributed by atoms with Crippen LogP contribution in [0.3, 0.4) is 0 Å². The molecule has 0 bridgehead atoms. The molecule has 1 fully saturated rings. The Bertz CT molecular complexity index is 375. The first-order valence-electron chi connectivity index (χ1n) is 6.87. The third-order valence-corrected chi connectivity index (χ3v) is 3.49. The number of nitrogens with two attached hydrogens (primary N) is 1. The molecule has 0 amide bonds. The molecule has 0 aromatic heterocycles. The van der Waals surface area contributed by atoms with Gasteiger partial charge in [-0.1, -0.05) is 6.07 Å². The van der Waals surface area contributed by atoms with E-state index in [0.29, 0.717) is 6.10 Å². The van der Waals surface area contributed by atoms with E-state index in [2.05, 4.69) is 12.1 Å². The van der Waals surface area contributed by atoms with Crippen molar-refractivity contribution in [3.63, 3.8) is 0 Å². The number of aryl methyl sites for hydroxylation is 1. The highest BCUT2D eigenvalue weighted by atomic mass is 16.5. The second-order valence-corrected chi connectivity index (χ2v) is 4.90. The summed E-state index contributed by atoms with van der Waals surface area (Å²) in [5.41, 5.74) is 6.82. The van der Waals surface area contributed by atoms with Gasteiger partial charge < -0.3 is 15.2 Å². The molecule has 0 radical (unpaired) electrons. The van der Waals surface area contributed by atoms with E-state index in [0.717, 1.165) is 37.3 Å². The van der Waals surface area contributed by atoms with Crippen molar-refractivity contribution in [3.8, 4) is 11.5 Å². The number of benzene rings is 1. The van der Waals surface area contributed by atoms with Crippen LogP contribution in [0.2, 0.25) is 0 Å². The Morgan fingerprint density at radius 1 is 1.22 bits per heavy atom. The quantitative estimate of drug-likeness (QED) is 0.756. The fourth-order valence-electron chi connectivity index (χ4n) is 2.11. The van der Waals surface area contributed by atoms with Crippen LogP contribution in [-0.4, -0.2) is 19.8 Å². The second kappa shape index (κ2) is 6.64. The van der Waals surface area contributed by atoms with Crippen molar-refractivity contribution in [2.24, 2.45) is 5.73 Å². The average Bonchev–Trinajstić information content (AvgIpc) is 2.34. The highest BCUT2D eigenvalue weighted by molar-refractivity contribution is 5.43. The van der Waals surface area contributed by atoms with E-state index in [-0.39, 0.29) is 0 Å².